The molecule has 0 bridgehead atoms. The number of benzene rings is 2. The number of methoxy groups -OCH3 is 2. The second kappa shape index (κ2) is 8.57. The van der Waals surface area contributed by atoms with Gasteiger partial charge in [0, 0.05) is 24.8 Å². The van der Waals surface area contributed by atoms with Gasteiger partial charge in [0.2, 0.25) is 10.0 Å². The minimum atomic E-state index is -3.90. The van der Waals surface area contributed by atoms with E-state index in [0.717, 1.165) is 0 Å². The topological polar surface area (TPSA) is 111 Å². The second-order valence-corrected chi connectivity index (χ2v) is 9.78. The summed E-state index contributed by atoms with van der Waals surface area (Å²) in [6, 6.07) is 9.79. The molecule has 158 valence electrons. The van der Waals surface area contributed by atoms with Crippen molar-refractivity contribution in [2.75, 3.05) is 45.2 Å². The van der Waals surface area contributed by atoms with Crippen LogP contribution in [0.15, 0.2) is 52.3 Å². The predicted molar refractivity (Wildman–Crippen MR) is 106 cm³/mol. The molecule has 9 nitrogen and oxygen atoms in total. The van der Waals surface area contributed by atoms with Gasteiger partial charge in [-0.15, -0.1) is 0 Å². The van der Waals surface area contributed by atoms with E-state index in [9.17, 15) is 16.8 Å². The van der Waals surface area contributed by atoms with Crippen LogP contribution in [0.25, 0.3) is 0 Å². The Morgan fingerprint density at radius 3 is 2.03 bits per heavy atom. The van der Waals surface area contributed by atoms with Crippen LogP contribution in [0.4, 0.5) is 5.69 Å². The van der Waals surface area contributed by atoms with Crippen molar-refractivity contribution in [3.8, 4) is 11.5 Å². The van der Waals surface area contributed by atoms with Crippen molar-refractivity contribution in [3.05, 3.63) is 42.5 Å². The van der Waals surface area contributed by atoms with Crippen molar-refractivity contribution >= 4 is 25.7 Å². The van der Waals surface area contributed by atoms with Gasteiger partial charge >= 0.3 is 0 Å². The van der Waals surface area contributed by atoms with Crippen LogP contribution in [0.3, 0.4) is 0 Å². The lowest BCUT2D eigenvalue weighted by Gasteiger charge is -2.26. The number of hydrogen-bond donors (Lipinski definition) is 1. The summed E-state index contributed by atoms with van der Waals surface area (Å²) in [5.74, 6) is 0.687. The number of nitrogens with zero attached hydrogens (tertiary/aromatic N) is 1. The Kier molecular flexibility index (Phi) is 6.32. The van der Waals surface area contributed by atoms with Gasteiger partial charge in [-0.25, -0.2) is 16.8 Å². The Labute approximate surface area is 170 Å². The lowest BCUT2D eigenvalue weighted by molar-refractivity contribution is 0.0730. The van der Waals surface area contributed by atoms with Crippen LogP contribution in [0.5, 0.6) is 11.5 Å². The molecule has 0 spiro atoms. The Morgan fingerprint density at radius 1 is 0.862 bits per heavy atom. The number of hydrogen-bond acceptors (Lipinski definition) is 7. The number of rotatable bonds is 7. The third kappa shape index (κ3) is 4.64. The molecule has 0 aliphatic carbocycles. The van der Waals surface area contributed by atoms with E-state index in [1.807, 2.05) is 0 Å². The summed E-state index contributed by atoms with van der Waals surface area (Å²) in [7, 11) is -4.68. The predicted octanol–water partition coefficient (Wildman–Crippen LogP) is 1.53. The van der Waals surface area contributed by atoms with E-state index >= 15 is 0 Å². The van der Waals surface area contributed by atoms with Crippen LogP contribution in [-0.2, 0) is 24.8 Å². The average Bonchev–Trinajstić information content (AvgIpc) is 2.74. The maximum atomic E-state index is 12.7. The first-order valence-electron chi connectivity index (χ1n) is 8.71. The lowest BCUT2D eigenvalue weighted by atomic mass is 10.3. The molecule has 0 radical (unpaired) electrons. The summed E-state index contributed by atoms with van der Waals surface area (Å²) in [6.07, 6.45) is 0. The molecule has 0 unspecified atom stereocenters. The molecule has 1 fully saturated rings. The van der Waals surface area contributed by atoms with E-state index in [1.54, 1.807) is 0 Å². The molecule has 2 aromatic carbocycles. The molecule has 1 N–H and O–H groups in total. The van der Waals surface area contributed by atoms with E-state index in [1.165, 1.54) is 61.0 Å². The van der Waals surface area contributed by atoms with E-state index in [2.05, 4.69) is 4.72 Å². The molecular formula is C18H22N2O7S2. The fourth-order valence-corrected chi connectivity index (χ4v) is 5.31. The number of nitrogens with one attached hydrogen (secondary N) is 1. The van der Waals surface area contributed by atoms with Gasteiger partial charge in [0.25, 0.3) is 10.0 Å². The third-order valence-corrected chi connectivity index (χ3v) is 7.67. The summed E-state index contributed by atoms with van der Waals surface area (Å²) < 4.78 is 69.8. The zero-order chi connectivity index (χ0) is 21.1. The summed E-state index contributed by atoms with van der Waals surface area (Å²) in [5.41, 5.74) is 0.237. The Balaban J connectivity index is 1.80. The minimum absolute atomic E-state index is 0.0137. The van der Waals surface area contributed by atoms with Gasteiger partial charge in [0.05, 0.1) is 37.2 Å². The maximum absolute atomic E-state index is 12.7. The van der Waals surface area contributed by atoms with Gasteiger partial charge in [-0.05, 0) is 36.4 Å². The molecule has 3 rings (SSSR count). The average molecular weight is 443 g/mol. The molecule has 2 aromatic rings. The van der Waals surface area contributed by atoms with E-state index in [4.69, 9.17) is 14.2 Å². The molecule has 11 heteroatoms. The quantitative estimate of drug-likeness (QED) is 0.692. The van der Waals surface area contributed by atoms with E-state index in [0.29, 0.717) is 19.0 Å². The van der Waals surface area contributed by atoms with Gasteiger partial charge < -0.3 is 14.2 Å². The van der Waals surface area contributed by atoms with Gasteiger partial charge in [-0.1, -0.05) is 0 Å². The van der Waals surface area contributed by atoms with Gasteiger partial charge in [0.15, 0.2) is 11.5 Å². The molecule has 0 atom stereocenters. The highest BCUT2D eigenvalue weighted by atomic mass is 32.2. The lowest BCUT2D eigenvalue weighted by Crippen LogP contribution is -2.40. The first-order chi connectivity index (χ1) is 13.8. The largest absolute Gasteiger partial charge is 0.493 e. The maximum Gasteiger partial charge on any atom is 0.262 e. The highest BCUT2D eigenvalue weighted by molar-refractivity contribution is 7.92. The van der Waals surface area contributed by atoms with E-state index < -0.39 is 20.0 Å². The first-order valence-corrected chi connectivity index (χ1v) is 11.6. The number of anilines is 1. The van der Waals surface area contributed by atoms with Crippen LogP contribution in [0, 0.1) is 0 Å². The van der Waals surface area contributed by atoms with Crippen LogP contribution in [0.1, 0.15) is 0 Å². The van der Waals surface area contributed by atoms with Crippen molar-refractivity contribution in [1.29, 1.82) is 0 Å². The smallest absolute Gasteiger partial charge is 0.262 e. The van der Waals surface area contributed by atoms with Crippen molar-refractivity contribution in [2.45, 2.75) is 9.79 Å². The highest BCUT2D eigenvalue weighted by Gasteiger charge is 2.26. The van der Waals surface area contributed by atoms with Crippen molar-refractivity contribution in [2.24, 2.45) is 0 Å². The van der Waals surface area contributed by atoms with Crippen LogP contribution >= 0.6 is 0 Å². The molecule has 29 heavy (non-hydrogen) atoms. The normalized spacial score (nSPS) is 15.7. The number of sulfonamides is 2. The SMILES string of the molecule is COc1ccc(S(=O)(=O)Nc2ccc(S(=O)(=O)N3CCOCC3)cc2)cc1OC. The van der Waals surface area contributed by atoms with Gasteiger partial charge in [-0.2, -0.15) is 4.31 Å². The third-order valence-electron chi connectivity index (χ3n) is 4.38. The van der Waals surface area contributed by atoms with Crippen LogP contribution in [0.2, 0.25) is 0 Å². The van der Waals surface area contributed by atoms with Crippen molar-refractivity contribution < 1.29 is 31.0 Å². The monoisotopic (exact) mass is 442 g/mol. The Hall–Kier alpha value is -2.34. The van der Waals surface area contributed by atoms with E-state index in [-0.39, 0.29) is 34.3 Å². The first kappa shape index (κ1) is 21.4. The van der Waals surface area contributed by atoms with Crippen molar-refractivity contribution in [1.82, 2.24) is 4.31 Å². The molecular weight excluding hydrogens is 420 g/mol. The molecule has 1 saturated heterocycles. The highest BCUT2D eigenvalue weighted by Crippen LogP contribution is 2.30. The van der Waals surface area contributed by atoms with Gasteiger partial charge in [0.1, 0.15) is 0 Å². The summed E-state index contributed by atoms with van der Waals surface area (Å²) in [4.78, 5) is 0.0774. The summed E-state index contributed by atoms with van der Waals surface area (Å²) in [5, 5.41) is 0. The Morgan fingerprint density at radius 2 is 1.45 bits per heavy atom. The summed E-state index contributed by atoms with van der Waals surface area (Å²) >= 11 is 0. The zero-order valence-electron chi connectivity index (χ0n) is 16.0. The van der Waals surface area contributed by atoms with Gasteiger partial charge in [-0.3, -0.25) is 4.72 Å². The van der Waals surface area contributed by atoms with Crippen molar-refractivity contribution in [3.63, 3.8) is 0 Å². The Bertz CT molecular complexity index is 1060. The molecule has 0 amide bonds. The second-order valence-electron chi connectivity index (χ2n) is 6.16. The minimum Gasteiger partial charge on any atom is -0.493 e. The molecule has 0 aromatic heterocycles. The molecule has 0 saturated carbocycles. The fraction of sp³-hybridized carbons (Fsp3) is 0.333. The summed E-state index contributed by atoms with van der Waals surface area (Å²) in [6.45, 7) is 1.27. The number of ether oxygens (including phenoxy) is 3. The zero-order valence-corrected chi connectivity index (χ0v) is 17.6. The standard InChI is InChI=1S/C18H22N2O7S2/c1-25-17-8-7-16(13-18(17)26-2)28(21,22)19-14-3-5-15(6-4-14)29(23,24)20-9-11-27-12-10-20/h3-8,13,19H,9-12H2,1-2H3. The van der Waals surface area contributed by atoms with Crippen LogP contribution < -0.4 is 14.2 Å². The molecule has 1 aliphatic heterocycles. The molecule has 1 aliphatic rings. The fourth-order valence-electron chi connectivity index (χ4n) is 2.83. The van der Waals surface area contributed by atoms with Crippen LogP contribution in [-0.4, -0.2) is 61.7 Å². The molecule has 1 heterocycles. The number of morpholine rings is 1.